The van der Waals surface area contributed by atoms with Gasteiger partial charge in [-0.15, -0.1) is 0 Å². The zero-order valence-electron chi connectivity index (χ0n) is 15.5. The summed E-state index contributed by atoms with van der Waals surface area (Å²) in [7, 11) is 1.57. The monoisotopic (exact) mass is 368 g/mol. The van der Waals surface area contributed by atoms with E-state index in [1.165, 1.54) is 6.08 Å². The number of para-hydroxylation sites is 1. The molecule has 0 unspecified atom stereocenters. The van der Waals surface area contributed by atoms with Gasteiger partial charge in [0, 0.05) is 30.3 Å². The van der Waals surface area contributed by atoms with E-state index in [0.29, 0.717) is 31.0 Å². The molecule has 142 valence electrons. The van der Waals surface area contributed by atoms with E-state index in [-0.39, 0.29) is 11.8 Å². The van der Waals surface area contributed by atoms with Crippen LogP contribution in [0.1, 0.15) is 22.8 Å². The molecule has 0 aliphatic heterocycles. The highest BCUT2D eigenvalue weighted by Crippen LogP contribution is 2.19. The molecule has 0 bridgehead atoms. The Morgan fingerprint density at radius 1 is 1.00 bits per heavy atom. The number of nitrogens with one attached hydrogen (secondary N) is 2. The van der Waals surface area contributed by atoms with Crippen molar-refractivity contribution in [3.63, 3.8) is 0 Å². The van der Waals surface area contributed by atoms with Crippen molar-refractivity contribution < 1.29 is 19.1 Å². The third kappa shape index (κ3) is 6.51. The standard InChI is InChI=1S/C21H24N2O4/c1-3-27-19-7-5-4-6-16(19)10-13-20(24)22-14-15-23-21(25)17-8-11-18(26-2)12-9-17/h4-13H,3,14-15H2,1-2H3,(H,22,24)(H,23,25). The molecular formula is C21H24N2O4. The van der Waals surface area contributed by atoms with Gasteiger partial charge in [0.05, 0.1) is 13.7 Å². The molecule has 2 N–H and O–H groups in total. The number of hydrogen-bond acceptors (Lipinski definition) is 4. The maximum absolute atomic E-state index is 12.0. The lowest BCUT2D eigenvalue weighted by molar-refractivity contribution is -0.116. The molecule has 2 amide bonds. The Morgan fingerprint density at radius 2 is 1.70 bits per heavy atom. The van der Waals surface area contributed by atoms with Crippen molar-refractivity contribution in [2.45, 2.75) is 6.92 Å². The minimum atomic E-state index is -0.236. The van der Waals surface area contributed by atoms with E-state index in [4.69, 9.17) is 9.47 Å². The molecule has 0 fully saturated rings. The summed E-state index contributed by atoms with van der Waals surface area (Å²) in [6, 6.07) is 14.3. The first-order chi connectivity index (χ1) is 13.1. The smallest absolute Gasteiger partial charge is 0.251 e. The summed E-state index contributed by atoms with van der Waals surface area (Å²) in [5.41, 5.74) is 1.37. The van der Waals surface area contributed by atoms with Crippen molar-refractivity contribution in [2.24, 2.45) is 0 Å². The highest BCUT2D eigenvalue weighted by molar-refractivity contribution is 5.94. The highest BCUT2D eigenvalue weighted by Gasteiger charge is 2.05. The van der Waals surface area contributed by atoms with Crippen LogP contribution in [-0.4, -0.2) is 38.6 Å². The molecule has 6 heteroatoms. The topological polar surface area (TPSA) is 76.7 Å². The fourth-order valence-corrected chi connectivity index (χ4v) is 2.34. The Balaban J connectivity index is 1.75. The zero-order chi connectivity index (χ0) is 19.5. The average Bonchev–Trinajstić information content (AvgIpc) is 2.70. The average molecular weight is 368 g/mol. The molecule has 0 heterocycles. The molecule has 0 atom stereocenters. The highest BCUT2D eigenvalue weighted by atomic mass is 16.5. The first-order valence-electron chi connectivity index (χ1n) is 8.74. The number of rotatable bonds is 9. The Morgan fingerprint density at radius 3 is 2.41 bits per heavy atom. The molecule has 0 aliphatic rings. The number of ether oxygens (including phenoxy) is 2. The van der Waals surface area contributed by atoms with Gasteiger partial charge in [-0.05, 0) is 43.3 Å². The number of methoxy groups -OCH3 is 1. The van der Waals surface area contributed by atoms with Gasteiger partial charge in [-0.3, -0.25) is 9.59 Å². The number of hydrogen-bond donors (Lipinski definition) is 2. The normalized spacial score (nSPS) is 10.4. The lowest BCUT2D eigenvalue weighted by atomic mass is 10.2. The first kappa shape index (κ1) is 20.0. The van der Waals surface area contributed by atoms with Gasteiger partial charge in [-0.25, -0.2) is 0 Å². The summed E-state index contributed by atoms with van der Waals surface area (Å²) >= 11 is 0. The molecule has 0 radical (unpaired) electrons. The van der Waals surface area contributed by atoms with Crippen LogP contribution in [0.4, 0.5) is 0 Å². The number of carbonyl (C=O) groups is 2. The van der Waals surface area contributed by atoms with Gasteiger partial charge < -0.3 is 20.1 Å². The van der Waals surface area contributed by atoms with Gasteiger partial charge in [0.15, 0.2) is 0 Å². The minimum absolute atomic E-state index is 0.201. The van der Waals surface area contributed by atoms with Crippen LogP contribution in [0.3, 0.4) is 0 Å². The quantitative estimate of drug-likeness (QED) is 0.527. The van der Waals surface area contributed by atoms with Gasteiger partial charge in [0.1, 0.15) is 11.5 Å². The Hall–Kier alpha value is -3.28. The molecule has 0 saturated carbocycles. The summed E-state index contributed by atoms with van der Waals surface area (Å²) in [6.45, 7) is 3.14. The van der Waals surface area contributed by atoms with Crippen LogP contribution in [-0.2, 0) is 4.79 Å². The van der Waals surface area contributed by atoms with Gasteiger partial charge >= 0.3 is 0 Å². The maximum Gasteiger partial charge on any atom is 0.251 e. The second kappa shape index (κ2) is 10.7. The summed E-state index contributed by atoms with van der Waals surface area (Å²) in [5, 5.41) is 5.48. The predicted molar refractivity (Wildman–Crippen MR) is 105 cm³/mol. The van der Waals surface area contributed by atoms with Crippen molar-refractivity contribution in [1.82, 2.24) is 10.6 Å². The lowest BCUT2D eigenvalue weighted by Crippen LogP contribution is -2.33. The summed E-state index contributed by atoms with van der Waals surface area (Å²) in [4.78, 5) is 23.9. The molecule has 27 heavy (non-hydrogen) atoms. The van der Waals surface area contributed by atoms with Crippen LogP contribution in [0.5, 0.6) is 11.5 Å². The lowest BCUT2D eigenvalue weighted by Gasteiger charge is -2.07. The molecule has 2 aromatic rings. The van der Waals surface area contributed by atoms with Crippen LogP contribution >= 0.6 is 0 Å². The first-order valence-corrected chi connectivity index (χ1v) is 8.74. The number of amides is 2. The fraction of sp³-hybridized carbons (Fsp3) is 0.238. The fourth-order valence-electron chi connectivity index (χ4n) is 2.34. The summed E-state index contributed by atoms with van der Waals surface area (Å²) in [5.74, 6) is 0.986. The van der Waals surface area contributed by atoms with Crippen molar-refractivity contribution >= 4 is 17.9 Å². The zero-order valence-corrected chi connectivity index (χ0v) is 15.5. The van der Waals surface area contributed by atoms with Crippen molar-refractivity contribution in [3.05, 3.63) is 65.7 Å². The predicted octanol–water partition coefficient (Wildman–Crippen LogP) is 2.65. The minimum Gasteiger partial charge on any atom is -0.497 e. The molecular weight excluding hydrogens is 344 g/mol. The van der Waals surface area contributed by atoms with E-state index < -0.39 is 0 Å². The SMILES string of the molecule is CCOc1ccccc1C=CC(=O)NCCNC(=O)c1ccc(OC)cc1. The van der Waals surface area contributed by atoms with E-state index in [1.807, 2.05) is 31.2 Å². The third-order valence-electron chi connectivity index (χ3n) is 3.70. The number of benzene rings is 2. The molecule has 2 rings (SSSR count). The third-order valence-corrected chi connectivity index (χ3v) is 3.70. The van der Waals surface area contributed by atoms with Gasteiger partial charge in [0.25, 0.3) is 5.91 Å². The maximum atomic E-state index is 12.0. The Labute approximate surface area is 159 Å². The van der Waals surface area contributed by atoms with Gasteiger partial charge in [-0.1, -0.05) is 18.2 Å². The van der Waals surface area contributed by atoms with Crippen molar-refractivity contribution in [1.29, 1.82) is 0 Å². The Kier molecular flexibility index (Phi) is 7.91. The van der Waals surface area contributed by atoms with E-state index in [2.05, 4.69) is 10.6 Å². The largest absolute Gasteiger partial charge is 0.497 e. The van der Waals surface area contributed by atoms with E-state index >= 15 is 0 Å². The summed E-state index contributed by atoms with van der Waals surface area (Å²) in [6.07, 6.45) is 3.15. The van der Waals surface area contributed by atoms with E-state index in [9.17, 15) is 9.59 Å². The van der Waals surface area contributed by atoms with Crippen molar-refractivity contribution in [3.8, 4) is 11.5 Å². The summed E-state index contributed by atoms with van der Waals surface area (Å²) < 4.78 is 10.6. The second-order valence-electron chi connectivity index (χ2n) is 5.58. The van der Waals surface area contributed by atoms with Gasteiger partial charge in [-0.2, -0.15) is 0 Å². The molecule has 0 aliphatic carbocycles. The van der Waals surface area contributed by atoms with Crippen LogP contribution in [0.15, 0.2) is 54.6 Å². The van der Waals surface area contributed by atoms with Crippen LogP contribution < -0.4 is 20.1 Å². The van der Waals surface area contributed by atoms with E-state index in [1.54, 1.807) is 37.5 Å². The molecule has 0 aromatic heterocycles. The molecule has 2 aromatic carbocycles. The van der Waals surface area contributed by atoms with Crippen molar-refractivity contribution in [2.75, 3.05) is 26.8 Å². The van der Waals surface area contributed by atoms with E-state index in [0.717, 1.165) is 11.3 Å². The second-order valence-corrected chi connectivity index (χ2v) is 5.58. The number of carbonyl (C=O) groups excluding carboxylic acids is 2. The van der Waals surface area contributed by atoms with Crippen LogP contribution in [0.2, 0.25) is 0 Å². The Bertz CT molecular complexity index is 785. The van der Waals surface area contributed by atoms with Crippen LogP contribution in [0, 0.1) is 0 Å². The van der Waals surface area contributed by atoms with Crippen LogP contribution in [0.25, 0.3) is 6.08 Å². The molecule has 6 nitrogen and oxygen atoms in total. The molecule has 0 saturated heterocycles. The van der Waals surface area contributed by atoms with Gasteiger partial charge in [0.2, 0.25) is 5.91 Å². The molecule has 0 spiro atoms.